The van der Waals surface area contributed by atoms with Gasteiger partial charge >= 0.3 is 0 Å². The largest absolute Gasteiger partial charge is 0.379 e. The molecule has 2 fully saturated rings. The second-order valence-corrected chi connectivity index (χ2v) is 6.97. The van der Waals surface area contributed by atoms with Gasteiger partial charge in [0.15, 0.2) is 17.7 Å². The fourth-order valence-electron chi connectivity index (χ4n) is 2.28. The lowest BCUT2D eigenvalue weighted by atomic mass is 10.1. The van der Waals surface area contributed by atoms with Crippen LogP contribution in [0.25, 0.3) is 0 Å². The number of hydrogen-bond donors (Lipinski definition) is 1. The van der Waals surface area contributed by atoms with Crippen LogP contribution in [0.2, 0.25) is 0 Å². The van der Waals surface area contributed by atoms with Crippen molar-refractivity contribution >= 4 is 11.8 Å². The minimum atomic E-state index is -0.745. The molecular weight excluding hydrogens is 268 g/mol. The van der Waals surface area contributed by atoms with Crippen LogP contribution in [-0.2, 0) is 18.9 Å². The molecule has 1 N–H and O–H groups in total. The van der Waals surface area contributed by atoms with Gasteiger partial charge in [0.25, 0.3) is 0 Å². The molecule has 2 saturated heterocycles. The van der Waals surface area contributed by atoms with Crippen molar-refractivity contribution < 1.29 is 24.1 Å². The number of thioether (sulfide) groups is 1. The van der Waals surface area contributed by atoms with E-state index in [2.05, 4.69) is 0 Å². The Morgan fingerprint density at radius 2 is 1.95 bits per heavy atom. The predicted molar refractivity (Wildman–Crippen MR) is 72.3 cm³/mol. The Hall–Kier alpha value is 0.150. The van der Waals surface area contributed by atoms with Gasteiger partial charge in [0, 0.05) is 0 Å². The normalized spacial score (nSPS) is 35.7. The highest BCUT2D eigenvalue weighted by Crippen LogP contribution is 2.42. The van der Waals surface area contributed by atoms with Crippen molar-refractivity contribution in [1.29, 1.82) is 0 Å². The predicted octanol–water partition coefficient (Wildman–Crippen LogP) is 1.89. The molecule has 6 heteroatoms. The molecule has 19 heavy (non-hydrogen) atoms. The first kappa shape index (κ1) is 15.5. The van der Waals surface area contributed by atoms with Crippen LogP contribution in [0, 0.1) is 6.10 Å². The van der Waals surface area contributed by atoms with Gasteiger partial charge in [-0.1, -0.05) is 6.92 Å². The zero-order valence-electron chi connectivity index (χ0n) is 12.1. The Labute approximate surface area is 118 Å². The van der Waals surface area contributed by atoms with E-state index in [1.165, 1.54) is 11.8 Å². The maximum Gasteiger partial charge on any atom is 0.170 e. The van der Waals surface area contributed by atoms with Gasteiger partial charge in [-0.25, -0.2) is 0 Å². The number of aliphatic hydroxyl groups is 1. The highest BCUT2D eigenvalue weighted by atomic mass is 32.2. The molecule has 0 saturated carbocycles. The van der Waals surface area contributed by atoms with Crippen molar-refractivity contribution in [2.24, 2.45) is 0 Å². The highest BCUT2D eigenvalue weighted by molar-refractivity contribution is 7.99. The SMILES string of the molecule is CCSC(O)[C]1OC(C)(C)O[C@@H]1[C@H]1COC(C)(C)O1. The van der Waals surface area contributed by atoms with E-state index in [1.54, 1.807) is 0 Å². The van der Waals surface area contributed by atoms with Gasteiger partial charge in [-0.2, -0.15) is 0 Å². The Kier molecular flexibility index (Phi) is 4.50. The zero-order chi connectivity index (χ0) is 14.3. The summed E-state index contributed by atoms with van der Waals surface area (Å²) in [6, 6.07) is 0. The summed E-state index contributed by atoms with van der Waals surface area (Å²) in [6.07, 6.45) is -0.118. The van der Waals surface area contributed by atoms with Crippen LogP contribution in [0.3, 0.4) is 0 Å². The van der Waals surface area contributed by atoms with Crippen molar-refractivity contribution in [3.8, 4) is 0 Å². The highest BCUT2D eigenvalue weighted by Gasteiger charge is 2.52. The summed E-state index contributed by atoms with van der Waals surface area (Å²) < 4.78 is 23.0. The van der Waals surface area contributed by atoms with Crippen molar-refractivity contribution in [3.63, 3.8) is 0 Å². The van der Waals surface area contributed by atoms with E-state index in [1.807, 2.05) is 34.6 Å². The number of aliphatic hydroxyl groups excluding tert-OH is 1. The monoisotopic (exact) mass is 291 g/mol. The maximum absolute atomic E-state index is 10.2. The van der Waals surface area contributed by atoms with Gasteiger partial charge < -0.3 is 24.1 Å². The first-order chi connectivity index (χ1) is 8.74. The first-order valence-corrected chi connectivity index (χ1v) is 7.64. The van der Waals surface area contributed by atoms with Gasteiger partial charge in [-0.3, -0.25) is 0 Å². The summed E-state index contributed by atoms with van der Waals surface area (Å²) in [4.78, 5) is 0. The lowest BCUT2D eigenvalue weighted by Gasteiger charge is -2.25. The van der Waals surface area contributed by atoms with Crippen molar-refractivity contribution in [2.45, 2.75) is 63.8 Å². The summed E-state index contributed by atoms with van der Waals surface area (Å²) in [5.74, 6) is -0.561. The second kappa shape index (κ2) is 5.50. The smallest absolute Gasteiger partial charge is 0.170 e. The van der Waals surface area contributed by atoms with Gasteiger partial charge in [0.2, 0.25) is 0 Å². The maximum atomic E-state index is 10.2. The third-order valence-corrected chi connectivity index (χ3v) is 3.87. The molecule has 2 rings (SSSR count). The van der Waals surface area contributed by atoms with Crippen LogP contribution >= 0.6 is 11.8 Å². The van der Waals surface area contributed by atoms with Crippen LogP contribution in [0.15, 0.2) is 0 Å². The van der Waals surface area contributed by atoms with E-state index >= 15 is 0 Å². The molecule has 1 unspecified atom stereocenters. The van der Waals surface area contributed by atoms with E-state index < -0.39 is 23.1 Å². The third kappa shape index (κ3) is 3.62. The quantitative estimate of drug-likeness (QED) is 0.798. The van der Waals surface area contributed by atoms with E-state index in [4.69, 9.17) is 18.9 Å². The molecule has 2 aliphatic rings. The molecule has 0 aromatic heterocycles. The zero-order valence-corrected chi connectivity index (χ0v) is 13.0. The molecular formula is C13H23O5S. The summed E-state index contributed by atoms with van der Waals surface area (Å²) in [5.41, 5.74) is -0.705. The minimum absolute atomic E-state index is 0.251. The second-order valence-electron chi connectivity index (χ2n) is 5.62. The molecule has 2 aliphatic heterocycles. The van der Waals surface area contributed by atoms with E-state index in [9.17, 15) is 5.11 Å². The van der Waals surface area contributed by atoms with Crippen LogP contribution in [0.5, 0.6) is 0 Å². The van der Waals surface area contributed by atoms with Crippen LogP contribution in [-0.4, -0.2) is 46.7 Å². The summed E-state index contributed by atoms with van der Waals surface area (Å²) in [6.45, 7) is 9.82. The lowest BCUT2D eigenvalue weighted by Crippen LogP contribution is -2.38. The van der Waals surface area contributed by atoms with Gasteiger partial charge in [-0.15, -0.1) is 11.8 Å². The summed E-state index contributed by atoms with van der Waals surface area (Å²) in [5, 5.41) is 10.2. The number of rotatable bonds is 4. The average molecular weight is 291 g/mol. The van der Waals surface area contributed by atoms with Gasteiger partial charge in [0.1, 0.15) is 17.6 Å². The molecule has 3 atom stereocenters. The molecule has 0 amide bonds. The molecule has 5 nitrogen and oxygen atoms in total. The Balaban J connectivity index is 2.08. The van der Waals surface area contributed by atoms with E-state index in [-0.39, 0.29) is 6.10 Å². The molecule has 0 aliphatic carbocycles. The topological polar surface area (TPSA) is 57.2 Å². The fourth-order valence-corrected chi connectivity index (χ4v) is 2.95. The molecule has 1 radical (unpaired) electrons. The van der Waals surface area contributed by atoms with Crippen molar-refractivity contribution in [3.05, 3.63) is 6.10 Å². The molecule has 0 bridgehead atoms. The number of ether oxygens (including phenoxy) is 4. The summed E-state index contributed by atoms with van der Waals surface area (Å²) >= 11 is 1.41. The fraction of sp³-hybridized carbons (Fsp3) is 0.923. The molecule has 0 aromatic carbocycles. The average Bonchev–Trinajstić information content (AvgIpc) is 2.78. The number of hydrogen-bond acceptors (Lipinski definition) is 6. The first-order valence-electron chi connectivity index (χ1n) is 6.59. The van der Waals surface area contributed by atoms with E-state index in [0.717, 1.165) is 5.75 Å². The Morgan fingerprint density at radius 1 is 1.26 bits per heavy atom. The minimum Gasteiger partial charge on any atom is -0.379 e. The van der Waals surface area contributed by atoms with Crippen molar-refractivity contribution in [1.82, 2.24) is 0 Å². The summed E-state index contributed by atoms with van der Waals surface area (Å²) in [7, 11) is 0. The molecule has 2 heterocycles. The molecule has 111 valence electrons. The Bertz CT molecular complexity index is 320. The van der Waals surface area contributed by atoms with Gasteiger partial charge in [0.05, 0.1) is 6.61 Å². The third-order valence-electron chi connectivity index (χ3n) is 2.99. The van der Waals surface area contributed by atoms with Crippen LogP contribution in [0.4, 0.5) is 0 Å². The van der Waals surface area contributed by atoms with Crippen LogP contribution < -0.4 is 0 Å². The van der Waals surface area contributed by atoms with Gasteiger partial charge in [-0.05, 0) is 33.4 Å². The Morgan fingerprint density at radius 3 is 2.47 bits per heavy atom. The standard InChI is InChI=1S/C13H23O5S/c1-6-19-11(14)10-9(17-13(4,5)18-10)8-7-15-12(2,3)16-8/h8-9,11,14H,6-7H2,1-5H3/t8-,9-,11?/m1/s1. The van der Waals surface area contributed by atoms with E-state index in [0.29, 0.717) is 12.7 Å². The lowest BCUT2D eigenvalue weighted by molar-refractivity contribution is -0.174. The van der Waals surface area contributed by atoms with Crippen molar-refractivity contribution in [2.75, 3.05) is 12.4 Å². The molecule has 0 aromatic rings. The van der Waals surface area contributed by atoms with Crippen LogP contribution in [0.1, 0.15) is 34.6 Å². The molecule has 0 spiro atoms.